The second-order valence-corrected chi connectivity index (χ2v) is 4.48. The van der Waals surface area contributed by atoms with Crippen LogP contribution in [0, 0.1) is 0 Å². The molecule has 0 aromatic rings. The van der Waals surface area contributed by atoms with Gasteiger partial charge in [0.2, 0.25) is 0 Å². The molecule has 1 rings (SSSR count). The van der Waals surface area contributed by atoms with Crippen LogP contribution in [0.2, 0.25) is 0 Å². The highest BCUT2D eigenvalue weighted by atomic mass is 127. The first-order valence-corrected chi connectivity index (χ1v) is 6.90. The van der Waals surface area contributed by atoms with Gasteiger partial charge in [-0.1, -0.05) is 34.7 Å². The monoisotopic (exact) mass is 310 g/mol. The SMILES string of the molecule is ICCC=CCCOC1CCCCO1. The molecule has 1 aliphatic rings. The van der Waals surface area contributed by atoms with E-state index in [4.69, 9.17) is 9.47 Å². The molecule has 0 aromatic carbocycles. The van der Waals surface area contributed by atoms with E-state index < -0.39 is 0 Å². The van der Waals surface area contributed by atoms with Crippen molar-refractivity contribution in [3.63, 3.8) is 0 Å². The van der Waals surface area contributed by atoms with Gasteiger partial charge >= 0.3 is 0 Å². The zero-order chi connectivity index (χ0) is 10.1. The molecule has 1 heterocycles. The minimum atomic E-state index is 0.0710. The summed E-state index contributed by atoms with van der Waals surface area (Å²) in [5.41, 5.74) is 0. The molecule has 0 aliphatic carbocycles. The Morgan fingerprint density at radius 3 is 2.86 bits per heavy atom. The van der Waals surface area contributed by atoms with Crippen molar-refractivity contribution >= 4 is 22.6 Å². The molecule has 3 heteroatoms. The van der Waals surface area contributed by atoms with E-state index in [0.29, 0.717) is 0 Å². The average molecular weight is 310 g/mol. The molecule has 0 radical (unpaired) electrons. The first-order valence-electron chi connectivity index (χ1n) is 5.37. The molecule has 1 unspecified atom stereocenters. The number of halogens is 1. The van der Waals surface area contributed by atoms with Crippen LogP contribution in [-0.4, -0.2) is 23.9 Å². The van der Waals surface area contributed by atoms with Gasteiger partial charge in [-0.3, -0.25) is 0 Å². The molecule has 0 aromatic heterocycles. The minimum Gasteiger partial charge on any atom is -0.353 e. The van der Waals surface area contributed by atoms with Crippen LogP contribution in [0.4, 0.5) is 0 Å². The maximum atomic E-state index is 5.59. The van der Waals surface area contributed by atoms with Crippen LogP contribution in [0.25, 0.3) is 0 Å². The molecule has 0 N–H and O–H groups in total. The minimum absolute atomic E-state index is 0.0710. The third-order valence-electron chi connectivity index (χ3n) is 2.17. The van der Waals surface area contributed by atoms with Crippen molar-refractivity contribution in [1.29, 1.82) is 0 Å². The van der Waals surface area contributed by atoms with Crippen molar-refractivity contribution in [2.45, 2.75) is 38.4 Å². The van der Waals surface area contributed by atoms with Gasteiger partial charge in [0.25, 0.3) is 0 Å². The van der Waals surface area contributed by atoms with Gasteiger partial charge in [0.15, 0.2) is 6.29 Å². The third-order valence-corrected chi connectivity index (χ3v) is 2.79. The van der Waals surface area contributed by atoms with Gasteiger partial charge < -0.3 is 9.47 Å². The van der Waals surface area contributed by atoms with Gasteiger partial charge in [-0.2, -0.15) is 0 Å². The van der Waals surface area contributed by atoms with Crippen LogP contribution in [-0.2, 0) is 9.47 Å². The van der Waals surface area contributed by atoms with E-state index >= 15 is 0 Å². The van der Waals surface area contributed by atoms with Crippen LogP contribution in [0.3, 0.4) is 0 Å². The Hall–Kier alpha value is 0.390. The predicted molar refractivity (Wildman–Crippen MR) is 66.8 cm³/mol. The van der Waals surface area contributed by atoms with E-state index in [-0.39, 0.29) is 6.29 Å². The van der Waals surface area contributed by atoms with Crippen LogP contribution in [0.15, 0.2) is 12.2 Å². The van der Waals surface area contributed by atoms with Crippen molar-refractivity contribution in [2.75, 3.05) is 17.6 Å². The first-order chi connectivity index (χ1) is 6.93. The topological polar surface area (TPSA) is 18.5 Å². The summed E-state index contributed by atoms with van der Waals surface area (Å²) in [5.74, 6) is 0. The van der Waals surface area contributed by atoms with Crippen LogP contribution >= 0.6 is 22.6 Å². The normalized spacial score (nSPS) is 23.1. The number of rotatable bonds is 6. The number of hydrogen-bond donors (Lipinski definition) is 0. The molecule has 1 fully saturated rings. The summed E-state index contributed by atoms with van der Waals surface area (Å²) in [7, 11) is 0. The fraction of sp³-hybridized carbons (Fsp3) is 0.818. The Labute approximate surface area is 100 Å². The Balaban J connectivity index is 1.92. The lowest BCUT2D eigenvalue weighted by atomic mass is 10.2. The van der Waals surface area contributed by atoms with Gasteiger partial charge in [0, 0.05) is 11.0 Å². The van der Waals surface area contributed by atoms with Gasteiger partial charge in [-0.25, -0.2) is 0 Å². The van der Waals surface area contributed by atoms with E-state index in [1.165, 1.54) is 23.7 Å². The molecule has 1 atom stereocenters. The average Bonchev–Trinajstić information content (AvgIpc) is 2.25. The lowest BCUT2D eigenvalue weighted by Gasteiger charge is -2.22. The van der Waals surface area contributed by atoms with Crippen molar-refractivity contribution in [3.05, 3.63) is 12.2 Å². The molecule has 82 valence electrons. The van der Waals surface area contributed by atoms with E-state index in [0.717, 1.165) is 26.1 Å². The van der Waals surface area contributed by atoms with Crippen molar-refractivity contribution in [1.82, 2.24) is 0 Å². The lowest BCUT2D eigenvalue weighted by Crippen LogP contribution is -2.22. The lowest BCUT2D eigenvalue weighted by molar-refractivity contribution is -0.161. The smallest absolute Gasteiger partial charge is 0.157 e. The molecular weight excluding hydrogens is 291 g/mol. The summed E-state index contributed by atoms with van der Waals surface area (Å²) >= 11 is 2.38. The molecule has 14 heavy (non-hydrogen) atoms. The Kier molecular flexibility index (Phi) is 7.72. The summed E-state index contributed by atoms with van der Waals surface area (Å²) in [5, 5.41) is 0. The van der Waals surface area contributed by atoms with Gasteiger partial charge in [0.05, 0.1) is 6.61 Å². The Morgan fingerprint density at radius 2 is 2.14 bits per heavy atom. The Morgan fingerprint density at radius 1 is 1.29 bits per heavy atom. The number of allylic oxidation sites excluding steroid dienone is 1. The summed E-state index contributed by atoms with van der Waals surface area (Å²) < 4.78 is 12.2. The second-order valence-electron chi connectivity index (χ2n) is 3.40. The van der Waals surface area contributed by atoms with Crippen molar-refractivity contribution < 1.29 is 9.47 Å². The zero-order valence-electron chi connectivity index (χ0n) is 8.58. The molecule has 0 bridgehead atoms. The van der Waals surface area contributed by atoms with Crippen LogP contribution < -0.4 is 0 Å². The molecule has 0 spiro atoms. The highest BCUT2D eigenvalue weighted by Gasteiger charge is 2.12. The molecule has 1 aliphatic heterocycles. The standard InChI is InChI=1S/C11H19IO2/c12-8-4-1-2-5-9-13-11-7-3-6-10-14-11/h1-2,11H,3-10H2. The number of alkyl halides is 1. The molecule has 2 nitrogen and oxygen atoms in total. The molecule has 1 saturated heterocycles. The third kappa shape index (κ3) is 5.98. The van der Waals surface area contributed by atoms with E-state index in [2.05, 4.69) is 34.7 Å². The van der Waals surface area contributed by atoms with E-state index in [1.807, 2.05) is 0 Å². The highest BCUT2D eigenvalue weighted by Crippen LogP contribution is 2.13. The maximum Gasteiger partial charge on any atom is 0.157 e. The van der Waals surface area contributed by atoms with Crippen LogP contribution in [0.5, 0.6) is 0 Å². The maximum absolute atomic E-state index is 5.59. The highest BCUT2D eigenvalue weighted by molar-refractivity contribution is 14.1. The fourth-order valence-corrected chi connectivity index (χ4v) is 1.77. The van der Waals surface area contributed by atoms with Gasteiger partial charge in [-0.15, -0.1) is 0 Å². The Bertz CT molecular complexity index is 153. The van der Waals surface area contributed by atoms with Crippen molar-refractivity contribution in [2.24, 2.45) is 0 Å². The first kappa shape index (κ1) is 12.5. The van der Waals surface area contributed by atoms with E-state index in [9.17, 15) is 0 Å². The second kappa shape index (κ2) is 8.68. The fourth-order valence-electron chi connectivity index (χ4n) is 1.41. The molecular formula is C11H19IO2. The summed E-state index contributed by atoms with van der Waals surface area (Å²) in [6, 6.07) is 0. The van der Waals surface area contributed by atoms with Crippen molar-refractivity contribution in [3.8, 4) is 0 Å². The summed E-state index contributed by atoms with van der Waals surface area (Å²) in [4.78, 5) is 0. The molecule has 0 saturated carbocycles. The predicted octanol–water partition coefficient (Wildman–Crippen LogP) is 3.30. The van der Waals surface area contributed by atoms with Crippen LogP contribution in [0.1, 0.15) is 32.1 Å². The quantitative estimate of drug-likeness (QED) is 0.324. The van der Waals surface area contributed by atoms with E-state index in [1.54, 1.807) is 0 Å². The molecule has 0 amide bonds. The number of hydrogen-bond acceptors (Lipinski definition) is 2. The van der Waals surface area contributed by atoms with Gasteiger partial charge in [-0.05, 0) is 32.1 Å². The van der Waals surface area contributed by atoms with Gasteiger partial charge in [0.1, 0.15) is 0 Å². The zero-order valence-corrected chi connectivity index (χ0v) is 10.7. The number of ether oxygens (including phenoxy) is 2. The largest absolute Gasteiger partial charge is 0.353 e. The summed E-state index contributed by atoms with van der Waals surface area (Å²) in [6.45, 7) is 1.66. The summed E-state index contributed by atoms with van der Waals surface area (Å²) in [6.07, 6.45) is 10.2.